The van der Waals surface area contributed by atoms with E-state index < -0.39 is 0 Å². The molecular formula is C28H33N2O3S+. The highest BCUT2D eigenvalue weighted by molar-refractivity contribution is 7.09. The van der Waals surface area contributed by atoms with Crippen LogP contribution in [-0.2, 0) is 22.6 Å². The van der Waals surface area contributed by atoms with E-state index in [4.69, 9.17) is 9.47 Å². The van der Waals surface area contributed by atoms with Gasteiger partial charge in [-0.1, -0.05) is 54.6 Å². The van der Waals surface area contributed by atoms with Gasteiger partial charge in [-0.2, -0.15) is 0 Å². The number of nitrogens with zero attached hydrogens (tertiary/aromatic N) is 2. The van der Waals surface area contributed by atoms with Crippen LogP contribution in [0.2, 0.25) is 0 Å². The average molecular weight is 478 g/mol. The van der Waals surface area contributed by atoms with Gasteiger partial charge in [-0.3, -0.25) is 4.90 Å². The molecule has 6 heteroatoms. The number of ether oxygens (including phenoxy) is 2. The molecule has 0 N–H and O–H groups in total. The summed E-state index contributed by atoms with van der Waals surface area (Å²) in [6.07, 6.45) is 1.97. The maximum atomic E-state index is 13.4. The van der Waals surface area contributed by atoms with Gasteiger partial charge >= 0.3 is 6.09 Å². The summed E-state index contributed by atoms with van der Waals surface area (Å²) in [5, 5.41) is 2.05. The van der Waals surface area contributed by atoms with Crippen LogP contribution in [0.15, 0.2) is 78.2 Å². The van der Waals surface area contributed by atoms with Gasteiger partial charge in [0, 0.05) is 29.3 Å². The van der Waals surface area contributed by atoms with Crippen LogP contribution in [0.4, 0.5) is 10.5 Å². The Balaban J connectivity index is 1.20. The Morgan fingerprint density at radius 3 is 2.41 bits per heavy atom. The third-order valence-corrected chi connectivity index (χ3v) is 8.16. The molecule has 6 rings (SSSR count). The fourth-order valence-electron chi connectivity index (χ4n) is 5.31. The maximum Gasteiger partial charge on any atom is 0.415 e. The number of hydrogen-bond donors (Lipinski definition) is 0. The summed E-state index contributed by atoms with van der Waals surface area (Å²) < 4.78 is 13.2. The first kappa shape index (κ1) is 23.1. The second kappa shape index (κ2) is 10.7. The lowest BCUT2D eigenvalue weighted by molar-refractivity contribution is -0.946. The van der Waals surface area contributed by atoms with Crippen molar-refractivity contribution in [3.63, 3.8) is 0 Å². The number of rotatable bonds is 9. The van der Waals surface area contributed by atoms with Gasteiger partial charge in [0.1, 0.15) is 13.1 Å². The third kappa shape index (κ3) is 5.52. The highest BCUT2D eigenvalue weighted by Crippen LogP contribution is 2.36. The van der Waals surface area contributed by atoms with Crippen molar-refractivity contribution in [3.8, 4) is 0 Å². The zero-order valence-corrected chi connectivity index (χ0v) is 20.4. The summed E-state index contributed by atoms with van der Waals surface area (Å²) in [6.45, 7) is 6.10. The van der Waals surface area contributed by atoms with Crippen LogP contribution in [0.1, 0.15) is 23.3 Å². The molecule has 2 aromatic carbocycles. The minimum atomic E-state index is -0.239. The molecule has 5 nitrogen and oxygen atoms in total. The van der Waals surface area contributed by atoms with Crippen LogP contribution in [0.3, 0.4) is 0 Å². The zero-order chi connectivity index (χ0) is 23.2. The van der Waals surface area contributed by atoms with Crippen molar-refractivity contribution in [2.24, 2.45) is 5.92 Å². The fourth-order valence-corrected chi connectivity index (χ4v) is 6.00. The van der Waals surface area contributed by atoms with E-state index >= 15 is 0 Å². The summed E-state index contributed by atoms with van der Waals surface area (Å²) >= 11 is 1.66. The molecule has 3 aliphatic heterocycles. The number of fused-ring (bicyclic) bond motifs is 3. The SMILES string of the molecule is O=C(O[C@H]1C[N+]2(CCOCc3ccccc3)CCC1CC2)N(Cc1cccs1)c1ccccc1. The minimum absolute atomic E-state index is 0.0290. The molecule has 0 spiro atoms. The van der Waals surface area contributed by atoms with E-state index in [1.54, 1.807) is 16.2 Å². The van der Waals surface area contributed by atoms with Gasteiger partial charge in [-0.25, -0.2) is 4.79 Å². The van der Waals surface area contributed by atoms with Crippen LogP contribution >= 0.6 is 11.3 Å². The monoisotopic (exact) mass is 477 g/mol. The highest BCUT2D eigenvalue weighted by Gasteiger charge is 2.47. The van der Waals surface area contributed by atoms with Crippen molar-refractivity contribution in [2.45, 2.75) is 32.1 Å². The highest BCUT2D eigenvalue weighted by atomic mass is 32.1. The van der Waals surface area contributed by atoms with Gasteiger partial charge < -0.3 is 14.0 Å². The second-order valence-electron chi connectivity index (χ2n) is 9.49. The van der Waals surface area contributed by atoms with E-state index in [-0.39, 0.29) is 12.2 Å². The van der Waals surface area contributed by atoms with Crippen LogP contribution in [0, 0.1) is 5.92 Å². The Hall–Kier alpha value is -2.67. The standard InChI is InChI=1S/C28H33N2O3S/c31-28(29(20-26-12-7-19-34-26)25-10-5-2-6-11-25)33-27-21-30(15-13-24(27)14-16-30)17-18-32-22-23-8-3-1-4-9-23/h1-12,19,24,27H,13-18,20-22H2/q+1/t24?,27-,30?/m0/s1. The first-order valence-corrected chi connectivity index (χ1v) is 13.1. The first-order valence-electron chi connectivity index (χ1n) is 12.2. The summed E-state index contributed by atoms with van der Waals surface area (Å²) in [4.78, 5) is 16.3. The van der Waals surface area contributed by atoms with Gasteiger partial charge in [-0.05, 0) is 29.1 Å². The van der Waals surface area contributed by atoms with Crippen molar-refractivity contribution in [2.75, 3.05) is 37.7 Å². The molecule has 3 aromatic rings. The molecule has 178 valence electrons. The molecule has 0 aliphatic carbocycles. The van der Waals surface area contributed by atoms with E-state index in [0.717, 1.165) is 60.7 Å². The molecule has 2 bridgehead atoms. The molecule has 0 unspecified atom stereocenters. The number of anilines is 1. The van der Waals surface area contributed by atoms with E-state index in [1.165, 1.54) is 5.56 Å². The average Bonchev–Trinajstić information content (AvgIpc) is 3.40. The minimum Gasteiger partial charge on any atom is -0.440 e. The second-order valence-corrected chi connectivity index (χ2v) is 10.5. The third-order valence-electron chi connectivity index (χ3n) is 7.30. The number of para-hydroxylation sites is 1. The molecule has 3 aliphatic rings. The van der Waals surface area contributed by atoms with E-state index in [9.17, 15) is 4.79 Å². The molecule has 1 atom stereocenters. The predicted octanol–water partition coefficient (Wildman–Crippen LogP) is 5.72. The van der Waals surface area contributed by atoms with E-state index in [1.807, 2.05) is 60.0 Å². The van der Waals surface area contributed by atoms with Crippen molar-refractivity contribution < 1.29 is 18.8 Å². The van der Waals surface area contributed by atoms with Crippen LogP contribution in [0.5, 0.6) is 0 Å². The quantitative estimate of drug-likeness (QED) is 0.292. The Morgan fingerprint density at radius 1 is 0.971 bits per heavy atom. The van der Waals surface area contributed by atoms with Crippen LogP contribution in [0.25, 0.3) is 0 Å². The molecule has 4 heterocycles. The molecule has 34 heavy (non-hydrogen) atoms. The zero-order valence-electron chi connectivity index (χ0n) is 19.6. The van der Waals surface area contributed by atoms with E-state index in [2.05, 4.69) is 18.2 Å². The van der Waals surface area contributed by atoms with Gasteiger partial charge in [-0.15, -0.1) is 11.3 Å². The van der Waals surface area contributed by atoms with Gasteiger partial charge in [0.15, 0.2) is 6.10 Å². The predicted molar refractivity (Wildman–Crippen MR) is 136 cm³/mol. The van der Waals surface area contributed by atoms with Gasteiger partial charge in [0.2, 0.25) is 0 Å². The Kier molecular flexibility index (Phi) is 7.28. The molecule has 1 amide bonds. The number of quaternary nitrogens is 1. The number of carbonyl (C=O) groups is 1. The van der Waals surface area contributed by atoms with Crippen molar-refractivity contribution in [1.29, 1.82) is 0 Å². The number of amides is 1. The number of hydrogen-bond acceptors (Lipinski definition) is 4. The summed E-state index contributed by atoms with van der Waals surface area (Å²) in [7, 11) is 0. The van der Waals surface area contributed by atoms with Gasteiger partial charge in [0.05, 0.1) is 32.8 Å². The number of carbonyl (C=O) groups excluding carboxylic acids is 1. The van der Waals surface area contributed by atoms with E-state index in [0.29, 0.717) is 19.1 Å². The van der Waals surface area contributed by atoms with Crippen LogP contribution < -0.4 is 4.90 Å². The molecule has 3 fully saturated rings. The van der Waals surface area contributed by atoms with Crippen LogP contribution in [-0.4, -0.2) is 49.5 Å². The summed E-state index contributed by atoms with van der Waals surface area (Å²) in [5.74, 6) is 0.466. The van der Waals surface area contributed by atoms with Crippen molar-refractivity contribution in [1.82, 2.24) is 0 Å². The lowest BCUT2D eigenvalue weighted by atomic mass is 9.83. The lowest BCUT2D eigenvalue weighted by Crippen LogP contribution is -2.65. The maximum absolute atomic E-state index is 13.4. The topological polar surface area (TPSA) is 38.8 Å². The first-order chi connectivity index (χ1) is 16.7. The molecule has 3 saturated heterocycles. The smallest absolute Gasteiger partial charge is 0.415 e. The Morgan fingerprint density at radius 2 is 1.71 bits per heavy atom. The molecule has 0 saturated carbocycles. The number of benzene rings is 2. The molecule has 0 radical (unpaired) electrons. The Labute approximate surface area is 206 Å². The molecule has 1 aromatic heterocycles. The van der Waals surface area contributed by atoms with Crippen molar-refractivity contribution in [3.05, 3.63) is 88.6 Å². The normalized spacial score (nSPS) is 23.5. The van der Waals surface area contributed by atoms with Crippen molar-refractivity contribution >= 4 is 23.1 Å². The van der Waals surface area contributed by atoms with Gasteiger partial charge in [0.25, 0.3) is 0 Å². The molecular weight excluding hydrogens is 444 g/mol. The summed E-state index contributed by atoms with van der Waals surface area (Å²) in [6, 6.07) is 24.3. The number of piperidine rings is 3. The lowest BCUT2D eigenvalue weighted by Gasteiger charge is -2.52. The fraction of sp³-hybridized carbons (Fsp3) is 0.393. The summed E-state index contributed by atoms with van der Waals surface area (Å²) in [5.41, 5.74) is 2.08. The number of thiophene rings is 1. The Bertz CT molecular complexity index is 1030. The largest absolute Gasteiger partial charge is 0.440 e.